The average Bonchev–Trinajstić information content (AvgIpc) is 3.19. The first-order valence-corrected chi connectivity index (χ1v) is 9.13. The van der Waals surface area contributed by atoms with Gasteiger partial charge in [0.15, 0.2) is 0 Å². The largest absolute Gasteiger partial charge is 0.359 e. The maximum atomic E-state index is 12.4. The van der Waals surface area contributed by atoms with Gasteiger partial charge in [-0.1, -0.05) is 6.07 Å². The number of amidine groups is 1. The summed E-state index contributed by atoms with van der Waals surface area (Å²) in [7, 11) is 0. The Labute approximate surface area is 160 Å². The Bertz CT molecular complexity index is 1060. The Morgan fingerprint density at radius 1 is 1.22 bits per heavy atom. The third-order valence-electron chi connectivity index (χ3n) is 4.28. The summed E-state index contributed by atoms with van der Waals surface area (Å²) in [6, 6.07) is 17.9. The Balaban J connectivity index is 1.49. The molecular weight excluding hydrogens is 358 g/mol. The molecule has 1 aliphatic rings. The Kier molecular flexibility index (Phi) is 4.32. The van der Waals surface area contributed by atoms with Crippen molar-refractivity contribution in [2.24, 2.45) is 0 Å². The molecule has 1 amide bonds. The van der Waals surface area contributed by atoms with Crippen LogP contribution in [0.25, 0.3) is 0 Å². The molecule has 3 aromatic rings. The van der Waals surface area contributed by atoms with E-state index in [4.69, 9.17) is 10.7 Å². The lowest BCUT2D eigenvalue weighted by atomic mass is 10.1. The number of nitrogens with one attached hydrogen (secondary N) is 3. The van der Waals surface area contributed by atoms with Gasteiger partial charge in [-0.05, 0) is 53.9 Å². The molecule has 1 aromatic heterocycles. The number of carbonyl (C=O) groups excluding carboxylic acids is 1. The van der Waals surface area contributed by atoms with E-state index in [-0.39, 0.29) is 5.91 Å². The molecule has 3 N–H and O–H groups in total. The van der Waals surface area contributed by atoms with Crippen molar-refractivity contribution in [3.8, 4) is 6.07 Å². The van der Waals surface area contributed by atoms with Gasteiger partial charge in [0.05, 0.1) is 23.9 Å². The van der Waals surface area contributed by atoms with Crippen LogP contribution in [-0.2, 0) is 0 Å². The highest BCUT2D eigenvalue weighted by atomic mass is 32.1. The number of nitrogens with zero attached hydrogens (tertiary/aromatic N) is 2. The van der Waals surface area contributed by atoms with Gasteiger partial charge in [-0.25, -0.2) is 0 Å². The van der Waals surface area contributed by atoms with Crippen LogP contribution in [0.3, 0.4) is 0 Å². The van der Waals surface area contributed by atoms with E-state index in [0.717, 1.165) is 16.3 Å². The van der Waals surface area contributed by atoms with Crippen LogP contribution in [0.2, 0.25) is 0 Å². The second-order valence-corrected chi connectivity index (χ2v) is 6.88. The number of hydrogen-bond donors (Lipinski definition) is 3. The normalized spacial score (nSPS) is 12.7. The van der Waals surface area contributed by atoms with E-state index in [1.807, 2.05) is 34.5 Å². The Hall–Kier alpha value is -3.63. The van der Waals surface area contributed by atoms with Crippen LogP contribution in [0.15, 0.2) is 60.0 Å². The van der Waals surface area contributed by atoms with Gasteiger partial charge in [-0.2, -0.15) is 5.26 Å². The van der Waals surface area contributed by atoms with Crippen LogP contribution in [0.4, 0.5) is 16.4 Å². The predicted molar refractivity (Wildman–Crippen MR) is 108 cm³/mol. The summed E-state index contributed by atoms with van der Waals surface area (Å²) in [5.74, 6) is 0.185. The topological polar surface area (TPSA) is 92.0 Å². The number of hydrogen-bond acceptors (Lipinski definition) is 5. The second kappa shape index (κ2) is 6.94. The number of thiophene rings is 1. The van der Waals surface area contributed by atoms with Gasteiger partial charge in [0, 0.05) is 16.9 Å². The SMILES string of the molecule is N#Cc1cccc(C(=O)Nc2ccc(N3CNc4sccc4C3=N)cc2)c1. The lowest BCUT2D eigenvalue weighted by molar-refractivity contribution is 0.102. The molecule has 2 aromatic carbocycles. The fourth-order valence-electron chi connectivity index (χ4n) is 2.89. The smallest absolute Gasteiger partial charge is 0.255 e. The summed E-state index contributed by atoms with van der Waals surface area (Å²) in [5.41, 5.74) is 3.29. The lowest BCUT2D eigenvalue weighted by Crippen LogP contribution is -2.39. The zero-order valence-electron chi connectivity index (χ0n) is 14.2. The zero-order valence-corrected chi connectivity index (χ0v) is 15.0. The summed E-state index contributed by atoms with van der Waals surface area (Å²) in [6.45, 7) is 0.527. The summed E-state index contributed by atoms with van der Waals surface area (Å²) < 4.78 is 0. The van der Waals surface area contributed by atoms with Crippen molar-refractivity contribution in [2.45, 2.75) is 0 Å². The molecule has 0 spiro atoms. The van der Waals surface area contributed by atoms with E-state index in [1.54, 1.807) is 47.7 Å². The van der Waals surface area contributed by atoms with Crippen molar-refractivity contribution in [1.82, 2.24) is 0 Å². The standard InChI is InChI=1S/C20H15N5OS/c21-11-13-2-1-3-14(10-13)19(26)24-15-4-6-16(7-5-15)25-12-23-20-17(18(25)22)8-9-27-20/h1-10,22-23H,12H2,(H,24,26). The van der Waals surface area contributed by atoms with Gasteiger partial charge in [0.1, 0.15) is 10.8 Å². The fraction of sp³-hybridized carbons (Fsp3) is 0.0500. The molecule has 4 rings (SSSR count). The Morgan fingerprint density at radius 3 is 2.81 bits per heavy atom. The highest BCUT2D eigenvalue weighted by Gasteiger charge is 2.22. The number of amides is 1. The fourth-order valence-corrected chi connectivity index (χ4v) is 3.67. The third-order valence-corrected chi connectivity index (χ3v) is 5.15. The van der Waals surface area contributed by atoms with E-state index in [2.05, 4.69) is 10.6 Å². The molecule has 2 heterocycles. The van der Waals surface area contributed by atoms with E-state index in [1.165, 1.54) is 0 Å². The number of carbonyl (C=O) groups is 1. The molecule has 6 nitrogen and oxygen atoms in total. The van der Waals surface area contributed by atoms with Gasteiger partial charge in [0.2, 0.25) is 0 Å². The molecule has 0 saturated heterocycles. The van der Waals surface area contributed by atoms with Gasteiger partial charge in [-0.15, -0.1) is 11.3 Å². The molecule has 0 fully saturated rings. The van der Waals surface area contributed by atoms with Crippen molar-refractivity contribution in [1.29, 1.82) is 10.7 Å². The van der Waals surface area contributed by atoms with Gasteiger partial charge < -0.3 is 15.5 Å². The summed E-state index contributed by atoms with van der Waals surface area (Å²) in [6.07, 6.45) is 0. The number of rotatable bonds is 3. The van der Waals surface area contributed by atoms with E-state index in [0.29, 0.717) is 29.3 Å². The predicted octanol–water partition coefficient (Wildman–Crippen LogP) is 4.09. The van der Waals surface area contributed by atoms with Crippen LogP contribution in [0.1, 0.15) is 21.5 Å². The molecular formula is C20H15N5OS. The minimum atomic E-state index is -0.268. The van der Waals surface area contributed by atoms with Crippen molar-refractivity contribution in [3.05, 3.63) is 76.7 Å². The molecule has 0 saturated carbocycles. The first-order valence-electron chi connectivity index (χ1n) is 8.25. The van der Waals surface area contributed by atoms with Crippen LogP contribution < -0.4 is 15.5 Å². The highest BCUT2D eigenvalue weighted by molar-refractivity contribution is 7.14. The zero-order chi connectivity index (χ0) is 18.8. The van der Waals surface area contributed by atoms with E-state index < -0.39 is 0 Å². The number of nitriles is 1. The van der Waals surface area contributed by atoms with Crippen molar-refractivity contribution >= 4 is 39.5 Å². The molecule has 0 bridgehead atoms. The molecule has 27 heavy (non-hydrogen) atoms. The third kappa shape index (κ3) is 3.26. The molecule has 132 valence electrons. The number of fused-ring (bicyclic) bond motifs is 1. The first-order chi connectivity index (χ1) is 13.2. The number of benzene rings is 2. The monoisotopic (exact) mass is 373 g/mol. The van der Waals surface area contributed by atoms with Crippen LogP contribution in [-0.4, -0.2) is 18.4 Å². The molecule has 0 atom stereocenters. The highest BCUT2D eigenvalue weighted by Crippen LogP contribution is 2.30. The lowest BCUT2D eigenvalue weighted by Gasteiger charge is -2.30. The van der Waals surface area contributed by atoms with Crippen LogP contribution in [0, 0.1) is 16.7 Å². The minimum absolute atomic E-state index is 0.268. The molecule has 7 heteroatoms. The minimum Gasteiger partial charge on any atom is -0.359 e. The van der Waals surface area contributed by atoms with Gasteiger partial charge >= 0.3 is 0 Å². The van der Waals surface area contributed by atoms with E-state index in [9.17, 15) is 4.79 Å². The second-order valence-electron chi connectivity index (χ2n) is 5.97. The molecule has 0 unspecified atom stereocenters. The number of anilines is 3. The quantitative estimate of drug-likeness (QED) is 0.645. The van der Waals surface area contributed by atoms with Crippen LogP contribution in [0.5, 0.6) is 0 Å². The van der Waals surface area contributed by atoms with Crippen molar-refractivity contribution < 1.29 is 4.79 Å². The first kappa shape index (κ1) is 16.8. The van der Waals surface area contributed by atoms with Crippen LogP contribution >= 0.6 is 11.3 Å². The summed E-state index contributed by atoms with van der Waals surface area (Å²) in [4.78, 5) is 14.2. The molecule has 1 aliphatic heterocycles. The van der Waals surface area contributed by atoms with E-state index >= 15 is 0 Å². The van der Waals surface area contributed by atoms with Crippen molar-refractivity contribution in [2.75, 3.05) is 22.2 Å². The van der Waals surface area contributed by atoms with Gasteiger partial charge in [0.25, 0.3) is 5.91 Å². The molecule has 0 aliphatic carbocycles. The van der Waals surface area contributed by atoms with Crippen molar-refractivity contribution in [3.63, 3.8) is 0 Å². The Morgan fingerprint density at radius 2 is 2.04 bits per heavy atom. The average molecular weight is 373 g/mol. The van der Waals surface area contributed by atoms with Gasteiger partial charge in [-0.3, -0.25) is 10.2 Å². The molecule has 0 radical (unpaired) electrons. The summed E-state index contributed by atoms with van der Waals surface area (Å²) in [5, 5.41) is 26.5. The summed E-state index contributed by atoms with van der Waals surface area (Å²) >= 11 is 1.59. The maximum absolute atomic E-state index is 12.4. The maximum Gasteiger partial charge on any atom is 0.255 e.